The van der Waals surface area contributed by atoms with Crippen LogP contribution in [0.1, 0.15) is 22.8 Å². The molecule has 0 spiro atoms. The van der Waals surface area contributed by atoms with Crippen molar-refractivity contribution in [2.45, 2.75) is 37.9 Å². The van der Waals surface area contributed by atoms with E-state index in [1.54, 1.807) is 18.2 Å². The van der Waals surface area contributed by atoms with Gasteiger partial charge in [0.15, 0.2) is 11.9 Å². The zero-order chi connectivity index (χ0) is 20.5. The Morgan fingerprint density at radius 1 is 0.893 bits per heavy atom. The number of carbonyl (C=O) groups is 2. The topological polar surface area (TPSA) is 113 Å². The van der Waals surface area contributed by atoms with Crippen molar-refractivity contribution in [3.8, 4) is 0 Å². The Kier molecular flexibility index (Phi) is 8.28. The van der Waals surface area contributed by atoms with E-state index in [1.165, 1.54) is 12.1 Å². The summed E-state index contributed by atoms with van der Waals surface area (Å²) in [5, 5.41) is 30.8. The molecule has 0 fully saturated rings. The predicted octanol–water partition coefficient (Wildman–Crippen LogP) is 1.10. The van der Waals surface area contributed by atoms with E-state index in [0.29, 0.717) is 0 Å². The van der Waals surface area contributed by atoms with Crippen molar-refractivity contribution >= 4 is 11.8 Å². The van der Waals surface area contributed by atoms with Crippen LogP contribution in [0.4, 0.5) is 0 Å². The Morgan fingerprint density at radius 2 is 1.46 bits per heavy atom. The Hall–Kier alpha value is -2.58. The van der Waals surface area contributed by atoms with Gasteiger partial charge >= 0.3 is 5.97 Å². The summed E-state index contributed by atoms with van der Waals surface area (Å²) in [5.41, 5.74) is 1.06. The van der Waals surface area contributed by atoms with Crippen molar-refractivity contribution in [3.05, 3.63) is 71.8 Å². The average Bonchev–Trinajstić information content (AvgIpc) is 2.72. The summed E-state index contributed by atoms with van der Waals surface area (Å²) in [6.07, 6.45) is -6.72. The van der Waals surface area contributed by atoms with E-state index in [-0.39, 0.29) is 18.8 Å². The third kappa shape index (κ3) is 6.24. The highest BCUT2D eigenvalue weighted by Gasteiger charge is 2.37. The number of ketones is 1. The number of hydrogen-bond acceptors (Lipinski definition) is 7. The highest BCUT2D eigenvalue weighted by atomic mass is 16.6. The summed E-state index contributed by atoms with van der Waals surface area (Å²) in [5.74, 6) is -1.44. The van der Waals surface area contributed by atoms with Gasteiger partial charge in [-0.25, -0.2) is 0 Å². The fraction of sp³-hybridized carbons (Fsp3) is 0.333. The predicted molar refractivity (Wildman–Crippen MR) is 100 cm³/mol. The number of aliphatic hydroxyl groups is 3. The van der Waals surface area contributed by atoms with Gasteiger partial charge in [0.05, 0.1) is 13.2 Å². The van der Waals surface area contributed by atoms with Crippen molar-refractivity contribution in [1.29, 1.82) is 0 Å². The first kappa shape index (κ1) is 21.7. The third-order valence-corrected chi connectivity index (χ3v) is 4.09. The molecule has 0 amide bonds. The number of rotatable bonds is 10. The van der Waals surface area contributed by atoms with Crippen LogP contribution in [-0.4, -0.2) is 58.1 Å². The number of hydrogen-bond donors (Lipinski definition) is 3. The molecule has 150 valence electrons. The lowest BCUT2D eigenvalue weighted by Gasteiger charge is -2.28. The minimum atomic E-state index is -1.88. The molecule has 7 heteroatoms. The van der Waals surface area contributed by atoms with Gasteiger partial charge in [-0.2, -0.15) is 0 Å². The van der Waals surface area contributed by atoms with Crippen molar-refractivity contribution in [1.82, 2.24) is 0 Å². The quantitative estimate of drug-likeness (QED) is 0.413. The van der Waals surface area contributed by atoms with Gasteiger partial charge in [0.1, 0.15) is 18.3 Å². The summed E-state index contributed by atoms with van der Waals surface area (Å²) < 4.78 is 10.5. The monoisotopic (exact) mass is 388 g/mol. The Balaban J connectivity index is 2.00. The van der Waals surface area contributed by atoms with Gasteiger partial charge in [-0.15, -0.1) is 0 Å². The fourth-order valence-electron chi connectivity index (χ4n) is 2.62. The summed E-state index contributed by atoms with van der Waals surface area (Å²) in [4.78, 5) is 23.6. The minimum absolute atomic E-state index is 0.186. The standard InChI is InChI=1S/C21H24O7/c1-14(22)28-17(13-27-12-15-8-4-2-5-9-15)19(24)21(26)20(25)18(23)16-10-6-3-7-11-16/h2-11,17,19-21,24-26H,12-13H2,1H3/t17-,19-,20+,21+/m1/s1. The van der Waals surface area contributed by atoms with Gasteiger partial charge in [-0.05, 0) is 5.56 Å². The fourth-order valence-corrected chi connectivity index (χ4v) is 2.62. The second-order valence-corrected chi connectivity index (χ2v) is 6.30. The Labute approximate surface area is 163 Å². The molecule has 0 aromatic heterocycles. The molecular weight excluding hydrogens is 364 g/mol. The Morgan fingerprint density at radius 3 is 2.04 bits per heavy atom. The van der Waals surface area contributed by atoms with E-state index in [4.69, 9.17) is 9.47 Å². The summed E-state index contributed by atoms with van der Waals surface area (Å²) in [6, 6.07) is 17.1. The van der Waals surface area contributed by atoms with Crippen LogP contribution in [0.15, 0.2) is 60.7 Å². The second-order valence-electron chi connectivity index (χ2n) is 6.30. The number of Topliss-reactive ketones (excluding diaryl/α,β-unsaturated/α-hetero) is 1. The minimum Gasteiger partial charge on any atom is -0.457 e. The highest BCUT2D eigenvalue weighted by molar-refractivity contribution is 5.99. The molecule has 4 atom stereocenters. The van der Waals surface area contributed by atoms with Crippen LogP contribution in [-0.2, 0) is 20.9 Å². The molecule has 0 heterocycles. The SMILES string of the molecule is CC(=O)O[C@H](COCc1ccccc1)[C@@H](O)[C@H](O)[C@@H](O)C(=O)c1ccccc1. The second kappa shape index (κ2) is 10.7. The van der Waals surface area contributed by atoms with Crippen LogP contribution in [0.2, 0.25) is 0 Å². The first-order chi connectivity index (χ1) is 13.4. The third-order valence-electron chi connectivity index (χ3n) is 4.09. The van der Waals surface area contributed by atoms with E-state index in [0.717, 1.165) is 12.5 Å². The summed E-state index contributed by atoms with van der Waals surface area (Å²) in [6.45, 7) is 1.13. The molecule has 3 N–H and O–H groups in total. The highest BCUT2D eigenvalue weighted by Crippen LogP contribution is 2.14. The molecule has 0 aliphatic heterocycles. The van der Waals surface area contributed by atoms with Crippen LogP contribution in [0, 0.1) is 0 Å². The molecule has 0 bridgehead atoms. The zero-order valence-electron chi connectivity index (χ0n) is 15.5. The van der Waals surface area contributed by atoms with E-state index in [1.807, 2.05) is 30.3 Å². The van der Waals surface area contributed by atoms with Crippen LogP contribution in [0.25, 0.3) is 0 Å². The van der Waals surface area contributed by atoms with Gasteiger partial charge in [-0.3, -0.25) is 9.59 Å². The van der Waals surface area contributed by atoms with E-state index in [9.17, 15) is 24.9 Å². The van der Waals surface area contributed by atoms with Gasteiger partial charge in [0, 0.05) is 12.5 Å². The molecule has 0 aliphatic carbocycles. The smallest absolute Gasteiger partial charge is 0.303 e. The molecule has 7 nitrogen and oxygen atoms in total. The first-order valence-electron chi connectivity index (χ1n) is 8.82. The van der Waals surface area contributed by atoms with Crippen molar-refractivity contribution in [3.63, 3.8) is 0 Å². The van der Waals surface area contributed by atoms with Gasteiger partial charge in [-0.1, -0.05) is 60.7 Å². The van der Waals surface area contributed by atoms with Crippen molar-refractivity contribution in [2.24, 2.45) is 0 Å². The number of benzene rings is 2. The number of ether oxygens (including phenoxy) is 2. The largest absolute Gasteiger partial charge is 0.457 e. The average molecular weight is 388 g/mol. The van der Waals surface area contributed by atoms with Crippen molar-refractivity contribution < 1.29 is 34.4 Å². The van der Waals surface area contributed by atoms with Crippen LogP contribution in [0.3, 0.4) is 0 Å². The molecule has 0 radical (unpaired) electrons. The van der Waals surface area contributed by atoms with Crippen LogP contribution >= 0.6 is 0 Å². The van der Waals surface area contributed by atoms with Crippen LogP contribution in [0.5, 0.6) is 0 Å². The molecule has 0 saturated heterocycles. The molecule has 2 aromatic rings. The maximum absolute atomic E-state index is 12.3. The first-order valence-corrected chi connectivity index (χ1v) is 8.82. The van der Waals surface area contributed by atoms with Gasteiger partial charge in [0.2, 0.25) is 0 Å². The van der Waals surface area contributed by atoms with E-state index >= 15 is 0 Å². The lowest BCUT2D eigenvalue weighted by Crippen LogP contribution is -2.50. The van der Waals surface area contributed by atoms with Gasteiger partial charge in [0.25, 0.3) is 0 Å². The van der Waals surface area contributed by atoms with Crippen molar-refractivity contribution in [2.75, 3.05) is 6.61 Å². The molecule has 0 unspecified atom stereocenters. The molecule has 2 rings (SSSR count). The number of aliphatic hydroxyl groups excluding tert-OH is 3. The van der Waals surface area contributed by atoms with Gasteiger partial charge < -0.3 is 24.8 Å². The maximum atomic E-state index is 12.3. The normalized spacial score (nSPS) is 15.3. The maximum Gasteiger partial charge on any atom is 0.303 e. The summed E-state index contributed by atoms with van der Waals surface area (Å²) >= 11 is 0. The van der Waals surface area contributed by atoms with E-state index < -0.39 is 36.2 Å². The molecule has 28 heavy (non-hydrogen) atoms. The lowest BCUT2D eigenvalue weighted by atomic mass is 9.96. The molecule has 2 aromatic carbocycles. The lowest BCUT2D eigenvalue weighted by molar-refractivity contribution is -0.168. The molecule has 0 saturated carbocycles. The van der Waals surface area contributed by atoms with Crippen LogP contribution < -0.4 is 0 Å². The molecular formula is C21H24O7. The summed E-state index contributed by atoms with van der Waals surface area (Å²) in [7, 11) is 0. The number of carbonyl (C=O) groups excluding carboxylic acids is 2. The molecule has 0 aliphatic rings. The number of esters is 1. The Bertz CT molecular complexity index is 748. The van der Waals surface area contributed by atoms with E-state index in [2.05, 4.69) is 0 Å². The zero-order valence-corrected chi connectivity index (χ0v) is 15.5.